The molecule has 1 aromatic heterocycles. The van der Waals surface area contributed by atoms with Crippen LogP contribution in [0.4, 0.5) is 5.82 Å². The van der Waals surface area contributed by atoms with Crippen molar-refractivity contribution in [1.29, 1.82) is 0 Å². The molecule has 0 N–H and O–H groups in total. The van der Waals surface area contributed by atoms with Crippen LogP contribution in [0.3, 0.4) is 0 Å². The van der Waals surface area contributed by atoms with Crippen molar-refractivity contribution in [2.24, 2.45) is 11.8 Å². The molecule has 0 spiro atoms. The molecule has 0 unspecified atom stereocenters. The molecule has 0 atom stereocenters. The molecule has 0 aliphatic heterocycles. The Hall–Kier alpha value is -1.81. The van der Waals surface area contributed by atoms with Gasteiger partial charge in [-0.25, -0.2) is 4.68 Å². The molecule has 2 aromatic rings. The van der Waals surface area contributed by atoms with Gasteiger partial charge in [-0.1, -0.05) is 18.5 Å². The van der Waals surface area contributed by atoms with Crippen molar-refractivity contribution >= 4 is 23.3 Å². The van der Waals surface area contributed by atoms with Gasteiger partial charge < -0.3 is 0 Å². The fourth-order valence-electron chi connectivity index (χ4n) is 3.52. The molecule has 0 radical (unpaired) electrons. The van der Waals surface area contributed by atoms with Gasteiger partial charge >= 0.3 is 0 Å². The summed E-state index contributed by atoms with van der Waals surface area (Å²) in [6, 6.07) is 9.52. The van der Waals surface area contributed by atoms with Crippen LogP contribution in [0.1, 0.15) is 46.5 Å². The summed E-state index contributed by atoms with van der Waals surface area (Å²) >= 11 is 5.95. The van der Waals surface area contributed by atoms with Gasteiger partial charge in [0.05, 0.1) is 5.69 Å². The molecule has 3 rings (SSSR count). The fraction of sp³-hybridized carbons (Fsp3) is 0.500. The highest BCUT2D eigenvalue weighted by Gasteiger charge is 2.31. The van der Waals surface area contributed by atoms with Gasteiger partial charge in [0, 0.05) is 29.2 Å². The Bertz CT molecular complexity index is 715. The topological polar surface area (TPSA) is 38.1 Å². The number of hydrogen-bond donors (Lipinski definition) is 0. The van der Waals surface area contributed by atoms with Crippen LogP contribution in [0.2, 0.25) is 5.02 Å². The summed E-state index contributed by atoms with van der Waals surface area (Å²) in [4.78, 5) is 15.0. The highest BCUT2D eigenvalue weighted by molar-refractivity contribution is 6.30. The molecule has 4 nitrogen and oxygen atoms in total. The van der Waals surface area contributed by atoms with Gasteiger partial charge in [-0.2, -0.15) is 0 Å². The summed E-state index contributed by atoms with van der Waals surface area (Å²) in [5, 5.41) is 5.34. The van der Waals surface area contributed by atoms with Gasteiger partial charge in [-0.15, -0.1) is 5.10 Å². The molecule has 5 heteroatoms. The van der Waals surface area contributed by atoms with Crippen LogP contribution in [-0.4, -0.2) is 21.7 Å². The van der Waals surface area contributed by atoms with Crippen molar-refractivity contribution in [3.8, 4) is 5.69 Å². The van der Waals surface area contributed by atoms with E-state index in [0.29, 0.717) is 10.8 Å². The maximum Gasteiger partial charge on any atom is 0.231 e. The lowest BCUT2D eigenvalue weighted by atomic mass is 9.82. The van der Waals surface area contributed by atoms with E-state index in [1.807, 2.05) is 55.3 Å². The predicted octanol–water partition coefficient (Wildman–Crippen LogP) is 5.09. The zero-order valence-corrected chi connectivity index (χ0v) is 15.9. The van der Waals surface area contributed by atoms with Crippen LogP contribution in [0.25, 0.3) is 5.69 Å². The normalized spacial score (nSPS) is 20.7. The summed E-state index contributed by atoms with van der Waals surface area (Å²) in [5.41, 5.74) is 0.929. The van der Waals surface area contributed by atoms with Crippen LogP contribution in [0.15, 0.2) is 36.5 Å². The first-order valence-corrected chi connectivity index (χ1v) is 9.48. The Morgan fingerprint density at radius 3 is 2.40 bits per heavy atom. The predicted molar refractivity (Wildman–Crippen MR) is 102 cm³/mol. The Morgan fingerprint density at radius 1 is 1.16 bits per heavy atom. The zero-order chi connectivity index (χ0) is 18.0. The van der Waals surface area contributed by atoms with Crippen LogP contribution in [0, 0.1) is 11.8 Å². The maximum absolute atomic E-state index is 13.1. The largest absolute Gasteiger partial charge is 0.293 e. The second-order valence-electron chi connectivity index (χ2n) is 7.35. The minimum atomic E-state index is 0.0837. The van der Waals surface area contributed by atoms with Crippen molar-refractivity contribution in [2.75, 3.05) is 4.90 Å². The average molecular weight is 360 g/mol. The SMILES string of the molecule is CC1CCC(C(=O)N(c2ccn(-c3ccc(Cl)cc3)n2)C(C)C)CC1. The first kappa shape index (κ1) is 18.0. The minimum absolute atomic E-state index is 0.0837. The van der Waals surface area contributed by atoms with Gasteiger partial charge in [0.1, 0.15) is 0 Å². The second kappa shape index (κ2) is 7.61. The van der Waals surface area contributed by atoms with Crippen LogP contribution in [0.5, 0.6) is 0 Å². The standard InChI is InChI=1S/C20H26ClN3O/c1-14(2)24(20(25)16-6-4-15(3)5-7-16)19-12-13-23(22-19)18-10-8-17(21)9-11-18/h8-16H,4-7H2,1-3H3. The molecule has 1 saturated carbocycles. The molecule has 0 saturated heterocycles. The summed E-state index contributed by atoms with van der Waals surface area (Å²) in [6.07, 6.45) is 6.15. The second-order valence-corrected chi connectivity index (χ2v) is 7.79. The lowest BCUT2D eigenvalue weighted by Crippen LogP contribution is -2.42. The summed E-state index contributed by atoms with van der Waals surface area (Å²) < 4.78 is 1.79. The van der Waals surface area contributed by atoms with Gasteiger partial charge in [0.15, 0.2) is 5.82 Å². The smallest absolute Gasteiger partial charge is 0.231 e. The maximum atomic E-state index is 13.1. The quantitative estimate of drug-likeness (QED) is 0.762. The van der Waals surface area contributed by atoms with Gasteiger partial charge in [-0.05, 0) is 69.7 Å². The van der Waals surface area contributed by atoms with E-state index in [-0.39, 0.29) is 17.9 Å². The molecule has 25 heavy (non-hydrogen) atoms. The average Bonchev–Trinajstić information content (AvgIpc) is 3.05. The number of rotatable bonds is 4. The van der Waals surface area contributed by atoms with E-state index in [1.54, 1.807) is 4.68 Å². The third-order valence-corrected chi connectivity index (χ3v) is 5.28. The van der Waals surface area contributed by atoms with E-state index < -0.39 is 0 Å². The lowest BCUT2D eigenvalue weighted by molar-refractivity contribution is -0.123. The van der Waals surface area contributed by atoms with Crippen LogP contribution in [-0.2, 0) is 4.79 Å². The van der Waals surface area contributed by atoms with Crippen molar-refractivity contribution in [2.45, 2.75) is 52.5 Å². The number of carbonyl (C=O) groups excluding carboxylic acids is 1. The Kier molecular flexibility index (Phi) is 5.48. The minimum Gasteiger partial charge on any atom is -0.293 e. The first-order chi connectivity index (χ1) is 12.0. The molecule has 0 bridgehead atoms. The Labute approximate surface area is 154 Å². The van der Waals surface area contributed by atoms with Gasteiger partial charge in [-0.3, -0.25) is 9.69 Å². The van der Waals surface area contributed by atoms with Crippen LogP contribution >= 0.6 is 11.6 Å². The molecule has 1 aromatic carbocycles. The number of carbonyl (C=O) groups is 1. The number of amides is 1. The molecular formula is C20H26ClN3O. The molecule has 1 fully saturated rings. The lowest BCUT2D eigenvalue weighted by Gasteiger charge is -2.32. The summed E-state index contributed by atoms with van der Waals surface area (Å²) in [5.74, 6) is 1.79. The van der Waals surface area contributed by atoms with Crippen LogP contribution < -0.4 is 4.90 Å². The third kappa shape index (κ3) is 4.06. The van der Waals surface area contributed by atoms with Gasteiger partial charge in [0.2, 0.25) is 5.91 Å². The molecule has 1 aliphatic rings. The van der Waals surface area contributed by atoms with E-state index >= 15 is 0 Å². The fourth-order valence-corrected chi connectivity index (χ4v) is 3.64. The van der Waals surface area contributed by atoms with Gasteiger partial charge in [0.25, 0.3) is 0 Å². The highest BCUT2D eigenvalue weighted by atomic mass is 35.5. The van der Waals surface area contributed by atoms with Crippen molar-refractivity contribution in [1.82, 2.24) is 9.78 Å². The summed E-state index contributed by atoms with van der Waals surface area (Å²) in [6.45, 7) is 6.37. The number of halogens is 1. The monoisotopic (exact) mass is 359 g/mol. The number of benzene rings is 1. The van der Waals surface area contributed by atoms with E-state index in [0.717, 1.165) is 37.3 Å². The molecular weight excluding hydrogens is 334 g/mol. The summed E-state index contributed by atoms with van der Waals surface area (Å²) in [7, 11) is 0. The van der Waals surface area contributed by atoms with Crippen molar-refractivity contribution < 1.29 is 4.79 Å². The van der Waals surface area contributed by atoms with E-state index in [2.05, 4.69) is 12.0 Å². The van der Waals surface area contributed by atoms with E-state index in [1.165, 1.54) is 0 Å². The Balaban J connectivity index is 1.81. The van der Waals surface area contributed by atoms with Crippen molar-refractivity contribution in [3.05, 3.63) is 41.6 Å². The van der Waals surface area contributed by atoms with E-state index in [9.17, 15) is 4.79 Å². The van der Waals surface area contributed by atoms with E-state index in [4.69, 9.17) is 11.6 Å². The zero-order valence-electron chi connectivity index (χ0n) is 15.2. The van der Waals surface area contributed by atoms with Crippen molar-refractivity contribution in [3.63, 3.8) is 0 Å². The molecule has 134 valence electrons. The Morgan fingerprint density at radius 2 is 1.80 bits per heavy atom. The number of hydrogen-bond acceptors (Lipinski definition) is 2. The molecule has 1 aliphatic carbocycles. The number of nitrogens with zero attached hydrogens (tertiary/aromatic N) is 3. The molecule has 1 amide bonds. The number of anilines is 1. The number of aromatic nitrogens is 2. The first-order valence-electron chi connectivity index (χ1n) is 9.10. The third-order valence-electron chi connectivity index (χ3n) is 5.03. The highest BCUT2D eigenvalue weighted by Crippen LogP contribution is 2.31. The molecule has 1 heterocycles.